The first kappa shape index (κ1) is 18.7. The number of amides is 2. The summed E-state index contributed by atoms with van der Waals surface area (Å²) in [6.45, 7) is 5.14. The number of hydrogen-bond acceptors (Lipinski definition) is 4. The highest BCUT2D eigenvalue weighted by atomic mass is 35.5. The van der Waals surface area contributed by atoms with Gasteiger partial charge in [-0.3, -0.25) is 9.59 Å². The van der Waals surface area contributed by atoms with E-state index in [-0.39, 0.29) is 23.7 Å². The molecule has 0 spiro atoms. The number of anilines is 1. The maximum absolute atomic E-state index is 12.4. The van der Waals surface area contributed by atoms with Crippen LogP contribution in [0.2, 0.25) is 5.02 Å². The minimum Gasteiger partial charge on any atom is -0.341 e. The number of nitrogens with zero attached hydrogens (tertiary/aromatic N) is 2. The second-order valence-electron chi connectivity index (χ2n) is 6.36. The van der Waals surface area contributed by atoms with Crippen molar-refractivity contribution in [2.24, 2.45) is 17.6 Å². The van der Waals surface area contributed by atoms with Crippen LogP contribution in [0.4, 0.5) is 5.82 Å². The van der Waals surface area contributed by atoms with Gasteiger partial charge < -0.3 is 16.0 Å². The van der Waals surface area contributed by atoms with Gasteiger partial charge in [0.05, 0.1) is 11.1 Å². The molecule has 0 saturated carbocycles. The lowest BCUT2D eigenvalue weighted by Crippen LogP contribution is -2.50. The lowest BCUT2D eigenvalue weighted by atomic mass is 9.93. The van der Waals surface area contributed by atoms with Crippen molar-refractivity contribution in [3.05, 3.63) is 23.4 Å². The summed E-state index contributed by atoms with van der Waals surface area (Å²) in [4.78, 5) is 30.5. The van der Waals surface area contributed by atoms with Gasteiger partial charge in [0.15, 0.2) is 0 Å². The molecule has 0 radical (unpaired) electrons. The van der Waals surface area contributed by atoms with Crippen LogP contribution >= 0.6 is 11.6 Å². The van der Waals surface area contributed by atoms with Gasteiger partial charge in [0.1, 0.15) is 5.82 Å². The Kier molecular flexibility index (Phi) is 6.57. The molecule has 0 bridgehead atoms. The molecule has 2 amide bonds. The monoisotopic (exact) mass is 352 g/mol. The molecule has 2 rings (SSSR count). The lowest BCUT2D eigenvalue weighted by molar-refractivity contribution is -0.136. The predicted molar refractivity (Wildman–Crippen MR) is 94.6 cm³/mol. The molecule has 1 saturated heterocycles. The van der Waals surface area contributed by atoms with E-state index in [4.69, 9.17) is 17.3 Å². The van der Waals surface area contributed by atoms with Crippen molar-refractivity contribution < 1.29 is 9.59 Å². The quantitative estimate of drug-likeness (QED) is 0.850. The van der Waals surface area contributed by atoms with E-state index in [9.17, 15) is 9.59 Å². The van der Waals surface area contributed by atoms with E-state index in [2.05, 4.69) is 10.3 Å². The highest BCUT2D eigenvalue weighted by Crippen LogP contribution is 2.21. The fourth-order valence-electron chi connectivity index (χ4n) is 2.75. The van der Waals surface area contributed by atoms with Crippen LogP contribution in [0.3, 0.4) is 0 Å². The molecular formula is C17H25ClN4O2. The summed E-state index contributed by atoms with van der Waals surface area (Å²) in [6.07, 6.45) is 3.64. The molecule has 1 fully saturated rings. The first-order valence-corrected chi connectivity index (χ1v) is 8.77. The molecule has 0 aromatic carbocycles. The molecule has 7 heteroatoms. The number of carbonyl (C=O) groups excluding carboxylic acids is 2. The third kappa shape index (κ3) is 4.68. The van der Waals surface area contributed by atoms with Gasteiger partial charge in [0.2, 0.25) is 11.8 Å². The Balaban J connectivity index is 1.84. The number of likely N-dealkylation sites (tertiary alicyclic amines) is 1. The van der Waals surface area contributed by atoms with Crippen LogP contribution < -0.4 is 11.1 Å². The van der Waals surface area contributed by atoms with Crippen LogP contribution in [0.5, 0.6) is 0 Å². The molecule has 2 atom stereocenters. The average Bonchev–Trinajstić information content (AvgIpc) is 2.61. The number of nitrogens with one attached hydrogen (secondary N) is 1. The Morgan fingerprint density at radius 3 is 2.62 bits per heavy atom. The van der Waals surface area contributed by atoms with Crippen LogP contribution in [-0.4, -0.2) is 40.8 Å². The topological polar surface area (TPSA) is 88.3 Å². The summed E-state index contributed by atoms with van der Waals surface area (Å²) >= 11 is 5.78. The normalized spacial score (nSPS) is 18.1. The zero-order valence-corrected chi connectivity index (χ0v) is 14.9. The zero-order valence-electron chi connectivity index (χ0n) is 14.2. The molecule has 132 valence electrons. The number of pyridine rings is 1. The van der Waals surface area contributed by atoms with Gasteiger partial charge in [-0.15, -0.1) is 0 Å². The maximum atomic E-state index is 12.4. The summed E-state index contributed by atoms with van der Waals surface area (Å²) in [7, 11) is 0. The van der Waals surface area contributed by atoms with E-state index in [1.54, 1.807) is 17.0 Å². The zero-order chi connectivity index (χ0) is 17.7. The first-order valence-electron chi connectivity index (χ1n) is 8.39. The maximum Gasteiger partial charge on any atom is 0.239 e. The summed E-state index contributed by atoms with van der Waals surface area (Å²) in [6, 6.07) is 2.89. The number of rotatable bonds is 5. The SMILES string of the molecule is CCC(C)C(N)C(=O)N1CCC(C(=O)Nc2ccc(Cl)cn2)CC1. The van der Waals surface area contributed by atoms with Crippen molar-refractivity contribution in [2.45, 2.75) is 39.2 Å². The van der Waals surface area contributed by atoms with Gasteiger partial charge in [0.25, 0.3) is 0 Å². The van der Waals surface area contributed by atoms with Gasteiger partial charge >= 0.3 is 0 Å². The molecule has 1 aromatic rings. The van der Waals surface area contributed by atoms with Gasteiger partial charge in [-0.1, -0.05) is 31.9 Å². The Bertz CT molecular complexity index is 570. The summed E-state index contributed by atoms with van der Waals surface area (Å²) in [5.41, 5.74) is 6.02. The van der Waals surface area contributed by atoms with Crippen LogP contribution in [0.25, 0.3) is 0 Å². The Morgan fingerprint density at radius 2 is 2.08 bits per heavy atom. The first-order chi connectivity index (χ1) is 11.4. The fraction of sp³-hybridized carbons (Fsp3) is 0.588. The average molecular weight is 353 g/mol. The Hall–Kier alpha value is -1.66. The van der Waals surface area contributed by atoms with Gasteiger partial charge in [-0.2, -0.15) is 0 Å². The molecule has 6 nitrogen and oxygen atoms in total. The molecule has 3 N–H and O–H groups in total. The van der Waals surface area contributed by atoms with Crippen molar-refractivity contribution in [1.82, 2.24) is 9.88 Å². The second-order valence-corrected chi connectivity index (χ2v) is 6.80. The number of hydrogen-bond donors (Lipinski definition) is 2. The largest absolute Gasteiger partial charge is 0.341 e. The second kappa shape index (κ2) is 8.44. The van der Waals surface area contributed by atoms with Crippen molar-refractivity contribution in [3.63, 3.8) is 0 Å². The molecule has 24 heavy (non-hydrogen) atoms. The minimum absolute atomic E-state index is 0.0115. The van der Waals surface area contributed by atoms with Crippen molar-refractivity contribution in [3.8, 4) is 0 Å². The van der Waals surface area contributed by atoms with Crippen LogP contribution in [0.1, 0.15) is 33.1 Å². The van der Waals surface area contributed by atoms with Gasteiger partial charge in [-0.05, 0) is 30.9 Å². The molecule has 2 heterocycles. The summed E-state index contributed by atoms with van der Waals surface area (Å²) in [5, 5.41) is 3.32. The number of piperidine rings is 1. The lowest BCUT2D eigenvalue weighted by Gasteiger charge is -2.34. The van der Waals surface area contributed by atoms with Gasteiger partial charge in [-0.25, -0.2) is 4.98 Å². The Morgan fingerprint density at radius 1 is 1.42 bits per heavy atom. The minimum atomic E-state index is -0.460. The van der Waals surface area contributed by atoms with Gasteiger partial charge in [0, 0.05) is 25.2 Å². The Labute approximate surface area is 147 Å². The summed E-state index contributed by atoms with van der Waals surface area (Å²) in [5.74, 6) is 0.452. The number of aromatic nitrogens is 1. The van der Waals surface area contributed by atoms with E-state index >= 15 is 0 Å². The van der Waals surface area contributed by atoms with Crippen molar-refractivity contribution >= 4 is 29.2 Å². The highest BCUT2D eigenvalue weighted by Gasteiger charge is 2.31. The van der Waals surface area contributed by atoms with Crippen molar-refractivity contribution in [2.75, 3.05) is 18.4 Å². The van der Waals surface area contributed by atoms with E-state index < -0.39 is 6.04 Å². The molecular weight excluding hydrogens is 328 g/mol. The molecule has 1 aliphatic rings. The third-order valence-corrected chi connectivity index (χ3v) is 4.92. The summed E-state index contributed by atoms with van der Waals surface area (Å²) < 4.78 is 0. The van der Waals surface area contributed by atoms with Crippen LogP contribution in [0, 0.1) is 11.8 Å². The number of carbonyl (C=O) groups is 2. The smallest absolute Gasteiger partial charge is 0.239 e. The molecule has 2 unspecified atom stereocenters. The molecule has 1 aliphatic heterocycles. The molecule has 0 aliphatic carbocycles. The van der Waals surface area contributed by atoms with Crippen LogP contribution in [0.15, 0.2) is 18.3 Å². The highest BCUT2D eigenvalue weighted by molar-refractivity contribution is 6.30. The molecule has 1 aromatic heterocycles. The van der Waals surface area contributed by atoms with Crippen LogP contribution in [-0.2, 0) is 9.59 Å². The van der Waals surface area contributed by atoms with E-state index in [1.165, 1.54) is 6.20 Å². The van der Waals surface area contributed by atoms with E-state index in [0.29, 0.717) is 36.8 Å². The van der Waals surface area contributed by atoms with Crippen molar-refractivity contribution in [1.29, 1.82) is 0 Å². The number of halogens is 1. The van der Waals surface area contributed by atoms with E-state index in [0.717, 1.165) is 6.42 Å². The third-order valence-electron chi connectivity index (χ3n) is 4.70. The predicted octanol–water partition coefficient (Wildman–Crippen LogP) is 2.29. The van der Waals surface area contributed by atoms with E-state index in [1.807, 2.05) is 13.8 Å². The fourth-order valence-corrected chi connectivity index (χ4v) is 2.86. The number of nitrogens with two attached hydrogens (primary N) is 1. The standard InChI is InChI=1S/C17H25ClN4O2/c1-3-11(2)15(19)17(24)22-8-6-12(7-9-22)16(23)21-14-5-4-13(18)10-20-14/h4-5,10-12,15H,3,6-9,19H2,1-2H3,(H,20,21,23).